The van der Waals surface area contributed by atoms with Gasteiger partial charge >= 0.3 is 0 Å². The number of hydrogen-bond acceptors (Lipinski definition) is 3. The minimum atomic E-state index is 0.782. The van der Waals surface area contributed by atoms with Gasteiger partial charge in [-0.05, 0) is 26.3 Å². The van der Waals surface area contributed by atoms with Crippen LogP contribution in [0.1, 0.15) is 27.2 Å². The molecule has 15 heavy (non-hydrogen) atoms. The van der Waals surface area contributed by atoms with E-state index >= 15 is 0 Å². The molecule has 0 saturated heterocycles. The predicted molar refractivity (Wildman–Crippen MR) is 62.5 cm³/mol. The summed E-state index contributed by atoms with van der Waals surface area (Å²) >= 11 is 0. The van der Waals surface area contributed by atoms with Crippen molar-refractivity contribution >= 4 is 11.5 Å². The van der Waals surface area contributed by atoms with Gasteiger partial charge < -0.3 is 0 Å². The molecule has 0 amide bonds. The Labute approximate surface area is 90.0 Å². The van der Waals surface area contributed by atoms with Crippen molar-refractivity contribution in [3.8, 4) is 0 Å². The van der Waals surface area contributed by atoms with Crippen molar-refractivity contribution in [2.24, 2.45) is 4.99 Å². The topological polar surface area (TPSA) is 43.1 Å². The highest BCUT2D eigenvalue weighted by atomic mass is 15.4. The second kappa shape index (κ2) is 5.90. The van der Waals surface area contributed by atoms with Crippen LogP contribution in [-0.4, -0.2) is 20.7 Å². The zero-order valence-corrected chi connectivity index (χ0v) is 9.38. The van der Waals surface area contributed by atoms with Crippen LogP contribution < -0.4 is 0 Å². The van der Waals surface area contributed by atoms with Crippen LogP contribution in [0.25, 0.3) is 5.82 Å². The molecule has 0 aromatic carbocycles. The summed E-state index contributed by atoms with van der Waals surface area (Å²) in [6, 6.07) is 0. The first-order valence-electron chi connectivity index (χ1n) is 5.01. The minimum absolute atomic E-state index is 0.782. The van der Waals surface area contributed by atoms with Crippen molar-refractivity contribution in [1.29, 1.82) is 0 Å². The molecule has 1 aromatic heterocycles. The van der Waals surface area contributed by atoms with E-state index in [9.17, 15) is 0 Å². The van der Waals surface area contributed by atoms with Crippen molar-refractivity contribution < 1.29 is 0 Å². The monoisotopic (exact) mass is 204 g/mol. The zero-order chi connectivity index (χ0) is 11.1. The van der Waals surface area contributed by atoms with Gasteiger partial charge in [-0.15, -0.1) is 5.10 Å². The van der Waals surface area contributed by atoms with E-state index in [1.54, 1.807) is 17.1 Å². The second-order valence-corrected chi connectivity index (χ2v) is 3.10. The summed E-state index contributed by atoms with van der Waals surface area (Å²) in [5.41, 5.74) is 1.07. The molecule has 0 bridgehead atoms. The van der Waals surface area contributed by atoms with Crippen LogP contribution in [0.2, 0.25) is 0 Å². The van der Waals surface area contributed by atoms with Gasteiger partial charge in [0.2, 0.25) is 0 Å². The lowest BCUT2D eigenvalue weighted by Gasteiger charge is -2.01. The molecule has 80 valence electrons. The van der Waals surface area contributed by atoms with E-state index < -0.39 is 0 Å². The summed E-state index contributed by atoms with van der Waals surface area (Å²) in [7, 11) is 0. The third-order valence-electron chi connectivity index (χ3n) is 1.91. The van der Waals surface area contributed by atoms with E-state index in [0.29, 0.717) is 0 Å². The van der Waals surface area contributed by atoms with Crippen LogP contribution >= 0.6 is 0 Å². The number of rotatable bonds is 4. The molecule has 0 unspecified atom stereocenters. The fraction of sp³-hybridized carbons (Fsp3) is 0.364. The Morgan fingerprint density at radius 2 is 2.33 bits per heavy atom. The SMILES string of the molecule is C\C=C/C=C(\N=C(/C)CC)n1ccnn1. The molecule has 0 fully saturated rings. The average molecular weight is 204 g/mol. The number of aromatic nitrogens is 3. The fourth-order valence-electron chi connectivity index (χ4n) is 0.952. The lowest BCUT2D eigenvalue weighted by molar-refractivity contribution is 0.809. The Morgan fingerprint density at radius 1 is 1.53 bits per heavy atom. The Bertz CT molecular complexity index is 371. The Morgan fingerprint density at radius 3 is 2.87 bits per heavy atom. The largest absolute Gasteiger partial charge is 0.238 e. The van der Waals surface area contributed by atoms with E-state index in [4.69, 9.17) is 0 Å². The van der Waals surface area contributed by atoms with Gasteiger partial charge in [0.05, 0.1) is 12.4 Å². The van der Waals surface area contributed by atoms with Gasteiger partial charge in [0.15, 0.2) is 5.82 Å². The smallest absolute Gasteiger partial charge is 0.154 e. The molecular formula is C11H16N4. The van der Waals surface area contributed by atoms with E-state index in [1.165, 1.54) is 0 Å². The lowest BCUT2D eigenvalue weighted by atomic mass is 10.3. The van der Waals surface area contributed by atoms with Gasteiger partial charge in [0.25, 0.3) is 0 Å². The van der Waals surface area contributed by atoms with Crippen LogP contribution in [0.3, 0.4) is 0 Å². The molecule has 0 aliphatic rings. The molecule has 1 aromatic rings. The Balaban J connectivity index is 2.99. The fourth-order valence-corrected chi connectivity index (χ4v) is 0.952. The van der Waals surface area contributed by atoms with Gasteiger partial charge in [0, 0.05) is 5.71 Å². The van der Waals surface area contributed by atoms with E-state index in [2.05, 4.69) is 22.2 Å². The molecule has 0 saturated carbocycles. The Hall–Kier alpha value is -1.71. The number of hydrogen-bond donors (Lipinski definition) is 0. The van der Waals surface area contributed by atoms with Crippen molar-refractivity contribution in [2.45, 2.75) is 27.2 Å². The summed E-state index contributed by atoms with van der Waals surface area (Å²) in [6.07, 6.45) is 10.1. The standard InChI is InChI=1S/C11H16N4/c1-4-6-7-11(13-10(3)5-2)15-9-8-12-14-15/h4,6-9H,5H2,1-3H3/b6-4-,11-7+,13-10+. The molecule has 4 nitrogen and oxygen atoms in total. The van der Waals surface area contributed by atoms with Crippen molar-refractivity contribution in [3.05, 3.63) is 30.6 Å². The predicted octanol–water partition coefficient (Wildman–Crippen LogP) is 2.52. The molecule has 0 atom stereocenters. The molecule has 0 aliphatic heterocycles. The van der Waals surface area contributed by atoms with Crippen LogP contribution in [0.15, 0.2) is 35.6 Å². The summed E-state index contributed by atoms with van der Waals surface area (Å²) in [5.74, 6) is 0.782. The second-order valence-electron chi connectivity index (χ2n) is 3.10. The number of nitrogens with zero attached hydrogens (tertiary/aromatic N) is 4. The highest BCUT2D eigenvalue weighted by Gasteiger charge is 1.98. The number of aliphatic imine (C=N–C) groups is 1. The van der Waals surface area contributed by atoms with E-state index in [-0.39, 0.29) is 0 Å². The van der Waals surface area contributed by atoms with Crippen molar-refractivity contribution in [1.82, 2.24) is 15.0 Å². The molecule has 0 N–H and O–H groups in total. The highest BCUT2D eigenvalue weighted by Crippen LogP contribution is 2.05. The minimum Gasteiger partial charge on any atom is -0.238 e. The number of allylic oxidation sites excluding steroid dienone is 3. The van der Waals surface area contributed by atoms with Gasteiger partial charge in [-0.1, -0.05) is 24.3 Å². The summed E-state index contributed by atoms with van der Waals surface area (Å²) in [5, 5.41) is 7.68. The molecule has 0 radical (unpaired) electrons. The lowest BCUT2D eigenvalue weighted by Crippen LogP contribution is -1.99. The summed E-state index contributed by atoms with van der Waals surface area (Å²) in [6.45, 7) is 6.04. The molecule has 0 spiro atoms. The third-order valence-corrected chi connectivity index (χ3v) is 1.91. The molecule has 4 heteroatoms. The van der Waals surface area contributed by atoms with E-state index in [0.717, 1.165) is 18.0 Å². The van der Waals surface area contributed by atoms with Crippen LogP contribution in [-0.2, 0) is 0 Å². The first-order chi connectivity index (χ1) is 7.27. The van der Waals surface area contributed by atoms with Crippen LogP contribution in [0.5, 0.6) is 0 Å². The first-order valence-corrected chi connectivity index (χ1v) is 5.01. The molecule has 1 rings (SSSR count). The first kappa shape index (κ1) is 11.4. The quantitative estimate of drug-likeness (QED) is 0.558. The maximum atomic E-state index is 4.46. The molecule has 0 aliphatic carbocycles. The maximum absolute atomic E-state index is 4.46. The van der Waals surface area contributed by atoms with Crippen LogP contribution in [0, 0.1) is 0 Å². The van der Waals surface area contributed by atoms with E-state index in [1.807, 2.05) is 32.1 Å². The van der Waals surface area contributed by atoms with Crippen molar-refractivity contribution in [2.75, 3.05) is 0 Å². The molecular weight excluding hydrogens is 188 g/mol. The van der Waals surface area contributed by atoms with Gasteiger partial charge in [0.1, 0.15) is 0 Å². The van der Waals surface area contributed by atoms with Gasteiger partial charge in [-0.3, -0.25) is 0 Å². The average Bonchev–Trinajstić information content (AvgIpc) is 2.77. The zero-order valence-electron chi connectivity index (χ0n) is 9.38. The van der Waals surface area contributed by atoms with Crippen LogP contribution in [0.4, 0.5) is 0 Å². The summed E-state index contributed by atoms with van der Waals surface area (Å²) < 4.78 is 1.65. The maximum Gasteiger partial charge on any atom is 0.154 e. The normalized spacial score (nSPS) is 13.8. The Kier molecular flexibility index (Phi) is 4.47. The van der Waals surface area contributed by atoms with Gasteiger partial charge in [-0.2, -0.15) is 0 Å². The van der Waals surface area contributed by atoms with Crippen molar-refractivity contribution in [3.63, 3.8) is 0 Å². The van der Waals surface area contributed by atoms with Gasteiger partial charge in [-0.25, -0.2) is 9.67 Å². The highest BCUT2D eigenvalue weighted by molar-refractivity contribution is 5.85. The molecule has 1 heterocycles. The third kappa shape index (κ3) is 3.50. The summed E-state index contributed by atoms with van der Waals surface area (Å²) in [4.78, 5) is 4.46.